The summed E-state index contributed by atoms with van der Waals surface area (Å²) in [6.45, 7) is 0. The van der Waals surface area contributed by atoms with Crippen LogP contribution in [0.5, 0.6) is 0 Å². The Labute approximate surface area is 69.2 Å². The van der Waals surface area contributed by atoms with Crippen LogP contribution in [0.25, 0.3) is 0 Å². The van der Waals surface area contributed by atoms with Gasteiger partial charge >= 0.3 is 0 Å². The Kier molecular flexibility index (Phi) is 2.38. The van der Waals surface area contributed by atoms with Gasteiger partial charge in [-0.25, -0.2) is 0 Å². The van der Waals surface area contributed by atoms with E-state index in [0.717, 1.165) is 5.56 Å². The highest BCUT2D eigenvalue weighted by Gasteiger charge is 2.02. The van der Waals surface area contributed by atoms with Crippen molar-refractivity contribution in [3.05, 3.63) is 39.9 Å². The van der Waals surface area contributed by atoms with Gasteiger partial charge in [0.25, 0.3) is 5.69 Å². The first-order valence-corrected chi connectivity index (χ1v) is 3.34. The molecule has 1 rings (SSSR count). The van der Waals surface area contributed by atoms with Crippen LogP contribution in [0.3, 0.4) is 0 Å². The van der Waals surface area contributed by atoms with E-state index in [-0.39, 0.29) is 12.1 Å². The SMILES string of the molecule is N#CCc1ccc([N+](=O)[O-])cc1. The van der Waals surface area contributed by atoms with Crippen molar-refractivity contribution < 1.29 is 4.92 Å². The molecule has 0 fully saturated rings. The first-order valence-electron chi connectivity index (χ1n) is 3.34. The molecular formula is C8H6N2O2. The van der Waals surface area contributed by atoms with E-state index in [1.54, 1.807) is 12.1 Å². The maximum absolute atomic E-state index is 10.2. The monoisotopic (exact) mass is 162 g/mol. The number of nitrogens with zero attached hydrogens (tertiary/aromatic N) is 2. The lowest BCUT2D eigenvalue weighted by molar-refractivity contribution is -0.384. The molecule has 0 aliphatic rings. The van der Waals surface area contributed by atoms with E-state index in [0.29, 0.717) is 0 Å². The Bertz CT molecular complexity index is 324. The van der Waals surface area contributed by atoms with Crippen LogP contribution in [-0.2, 0) is 6.42 Å². The average molecular weight is 162 g/mol. The summed E-state index contributed by atoms with van der Waals surface area (Å²) in [7, 11) is 0. The third-order valence-electron chi connectivity index (χ3n) is 1.43. The van der Waals surface area contributed by atoms with Gasteiger partial charge in [0.1, 0.15) is 0 Å². The topological polar surface area (TPSA) is 66.9 Å². The molecule has 60 valence electrons. The highest BCUT2D eigenvalue weighted by Crippen LogP contribution is 2.11. The molecule has 0 spiro atoms. The van der Waals surface area contributed by atoms with Crippen LogP contribution in [0, 0.1) is 21.4 Å². The zero-order chi connectivity index (χ0) is 8.97. The quantitative estimate of drug-likeness (QED) is 0.490. The van der Waals surface area contributed by atoms with Crippen LogP contribution in [0.2, 0.25) is 0 Å². The van der Waals surface area contributed by atoms with Crippen molar-refractivity contribution in [3.8, 4) is 6.07 Å². The fourth-order valence-electron chi connectivity index (χ4n) is 0.827. The number of nitro benzene ring substituents is 1. The maximum atomic E-state index is 10.2. The van der Waals surface area contributed by atoms with E-state index in [2.05, 4.69) is 0 Å². The molecular weight excluding hydrogens is 156 g/mol. The lowest BCUT2D eigenvalue weighted by atomic mass is 10.1. The molecule has 0 radical (unpaired) electrons. The van der Waals surface area contributed by atoms with Crippen molar-refractivity contribution >= 4 is 5.69 Å². The van der Waals surface area contributed by atoms with Crippen molar-refractivity contribution in [1.82, 2.24) is 0 Å². The molecule has 1 aromatic rings. The number of rotatable bonds is 2. The number of hydrogen-bond donors (Lipinski definition) is 0. The smallest absolute Gasteiger partial charge is 0.258 e. The Morgan fingerprint density at radius 3 is 2.42 bits per heavy atom. The summed E-state index contributed by atoms with van der Waals surface area (Å²) in [6.07, 6.45) is 0.290. The van der Waals surface area contributed by atoms with Gasteiger partial charge < -0.3 is 0 Å². The summed E-state index contributed by atoms with van der Waals surface area (Å²) < 4.78 is 0. The fraction of sp³-hybridized carbons (Fsp3) is 0.125. The molecule has 4 nitrogen and oxygen atoms in total. The molecule has 1 aromatic carbocycles. The summed E-state index contributed by atoms with van der Waals surface area (Å²) >= 11 is 0. The van der Waals surface area contributed by atoms with Crippen LogP contribution in [0.4, 0.5) is 5.69 Å². The third kappa shape index (κ3) is 1.80. The van der Waals surface area contributed by atoms with Gasteiger partial charge in [-0.1, -0.05) is 12.1 Å². The molecule has 0 heterocycles. The first kappa shape index (κ1) is 8.21. The standard InChI is InChI=1S/C8H6N2O2/c9-6-5-7-1-3-8(4-2-7)10(11)12/h1-4H,5H2. The molecule has 4 heteroatoms. The Morgan fingerprint density at radius 1 is 1.42 bits per heavy atom. The highest BCUT2D eigenvalue weighted by molar-refractivity contribution is 5.33. The van der Waals surface area contributed by atoms with Gasteiger partial charge in [-0.2, -0.15) is 5.26 Å². The molecule has 0 unspecified atom stereocenters. The molecule has 0 amide bonds. The number of non-ortho nitro benzene ring substituents is 1. The van der Waals surface area contributed by atoms with E-state index in [9.17, 15) is 10.1 Å². The lowest BCUT2D eigenvalue weighted by Gasteiger charge is -1.92. The van der Waals surface area contributed by atoms with Gasteiger partial charge in [0, 0.05) is 12.1 Å². The van der Waals surface area contributed by atoms with E-state index < -0.39 is 4.92 Å². The van der Waals surface area contributed by atoms with Gasteiger partial charge in [0.15, 0.2) is 0 Å². The second-order valence-corrected chi connectivity index (χ2v) is 2.26. The summed E-state index contributed by atoms with van der Waals surface area (Å²) in [5.74, 6) is 0. The van der Waals surface area contributed by atoms with E-state index >= 15 is 0 Å². The van der Waals surface area contributed by atoms with Crippen LogP contribution < -0.4 is 0 Å². The molecule has 0 aromatic heterocycles. The lowest BCUT2D eigenvalue weighted by Crippen LogP contribution is -1.88. The van der Waals surface area contributed by atoms with Crippen molar-refractivity contribution in [2.24, 2.45) is 0 Å². The number of nitriles is 1. The third-order valence-corrected chi connectivity index (χ3v) is 1.43. The second kappa shape index (κ2) is 3.49. The van der Waals surface area contributed by atoms with Gasteiger partial charge in [-0.05, 0) is 5.56 Å². The predicted octanol–water partition coefficient (Wildman–Crippen LogP) is 1.66. The molecule has 0 saturated carbocycles. The molecule has 12 heavy (non-hydrogen) atoms. The van der Waals surface area contributed by atoms with Crippen molar-refractivity contribution in [3.63, 3.8) is 0 Å². The van der Waals surface area contributed by atoms with Crippen LogP contribution in [0.15, 0.2) is 24.3 Å². The molecule has 0 bridgehead atoms. The molecule has 0 aliphatic carbocycles. The van der Waals surface area contributed by atoms with Gasteiger partial charge in [-0.3, -0.25) is 10.1 Å². The Morgan fingerprint density at radius 2 is 2.00 bits per heavy atom. The average Bonchev–Trinajstić information content (AvgIpc) is 2.06. The van der Waals surface area contributed by atoms with E-state index in [1.807, 2.05) is 6.07 Å². The minimum absolute atomic E-state index is 0.0525. The molecule has 0 N–H and O–H groups in total. The van der Waals surface area contributed by atoms with Gasteiger partial charge in [-0.15, -0.1) is 0 Å². The van der Waals surface area contributed by atoms with Gasteiger partial charge in [0.2, 0.25) is 0 Å². The number of hydrogen-bond acceptors (Lipinski definition) is 3. The zero-order valence-corrected chi connectivity index (χ0v) is 6.23. The molecule has 0 aliphatic heterocycles. The maximum Gasteiger partial charge on any atom is 0.269 e. The number of benzene rings is 1. The minimum atomic E-state index is -0.462. The Balaban J connectivity index is 2.87. The van der Waals surface area contributed by atoms with Crippen LogP contribution >= 0.6 is 0 Å². The largest absolute Gasteiger partial charge is 0.269 e. The van der Waals surface area contributed by atoms with Crippen molar-refractivity contribution in [2.75, 3.05) is 0 Å². The minimum Gasteiger partial charge on any atom is -0.258 e. The Hall–Kier alpha value is -1.89. The van der Waals surface area contributed by atoms with Crippen LogP contribution in [0.1, 0.15) is 5.56 Å². The predicted molar refractivity (Wildman–Crippen MR) is 42.4 cm³/mol. The molecule has 0 atom stereocenters. The second-order valence-electron chi connectivity index (χ2n) is 2.26. The summed E-state index contributed by atoms with van der Waals surface area (Å²) in [4.78, 5) is 9.75. The normalized spacial score (nSPS) is 8.92. The summed E-state index contributed by atoms with van der Waals surface area (Å²) in [5.41, 5.74) is 0.847. The van der Waals surface area contributed by atoms with Gasteiger partial charge in [0.05, 0.1) is 17.4 Å². The van der Waals surface area contributed by atoms with E-state index in [4.69, 9.17) is 5.26 Å². The fourth-order valence-corrected chi connectivity index (χ4v) is 0.827. The van der Waals surface area contributed by atoms with Crippen molar-refractivity contribution in [2.45, 2.75) is 6.42 Å². The van der Waals surface area contributed by atoms with E-state index in [1.165, 1.54) is 12.1 Å². The van der Waals surface area contributed by atoms with Crippen LogP contribution in [-0.4, -0.2) is 4.92 Å². The number of nitro groups is 1. The first-order chi connectivity index (χ1) is 5.74. The molecule has 0 saturated heterocycles. The zero-order valence-electron chi connectivity index (χ0n) is 6.23. The summed E-state index contributed by atoms with van der Waals surface area (Å²) in [5, 5.41) is 18.5. The van der Waals surface area contributed by atoms with Crippen molar-refractivity contribution in [1.29, 1.82) is 5.26 Å². The highest BCUT2D eigenvalue weighted by atomic mass is 16.6. The summed E-state index contributed by atoms with van der Waals surface area (Å²) in [6, 6.07) is 7.92.